The molecule has 2 saturated heterocycles. The number of carbonyl (C=O) groups excluding carboxylic acids is 1. The van der Waals surface area contributed by atoms with Gasteiger partial charge in [-0.25, -0.2) is 9.37 Å². The molecule has 2 atom stereocenters. The highest BCUT2D eigenvalue weighted by atomic mass is 19.1. The highest BCUT2D eigenvalue weighted by Gasteiger charge is 2.30. The fourth-order valence-corrected chi connectivity index (χ4v) is 5.96. The van der Waals surface area contributed by atoms with Crippen molar-refractivity contribution < 1.29 is 9.18 Å². The Bertz CT molecular complexity index is 1630. The van der Waals surface area contributed by atoms with Crippen LogP contribution in [-0.2, 0) is 0 Å². The van der Waals surface area contributed by atoms with Crippen LogP contribution in [0.2, 0.25) is 0 Å². The lowest BCUT2D eigenvalue weighted by atomic mass is 10.0. The molecule has 0 spiro atoms. The van der Waals surface area contributed by atoms with Crippen molar-refractivity contribution in [2.75, 3.05) is 44.7 Å². The molecule has 0 aliphatic carbocycles. The minimum Gasteiger partial charge on any atom is -0.350 e. The monoisotopic (exact) mass is 533 g/mol. The van der Waals surface area contributed by atoms with Crippen molar-refractivity contribution in [1.82, 2.24) is 29.5 Å². The maximum atomic E-state index is 13.8. The number of likely N-dealkylation sites (tertiary alicyclic amines) is 1. The summed E-state index contributed by atoms with van der Waals surface area (Å²) in [6.45, 7) is 9.14. The predicted molar refractivity (Wildman–Crippen MR) is 152 cm³/mol. The topological polar surface area (TPSA) is 90.4 Å². The van der Waals surface area contributed by atoms with Crippen molar-refractivity contribution in [2.45, 2.75) is 46.7 Å². The third-order valence-corrected chi connectivity index (χ3v) is 8.07. The number of piperazine rings is 1. The van der Waals surface area contributed by atoms with E-state index >= 15 is 0 Å². The highest BCUT2D eigenvalue weighted by Crippen LogP contribution is 2.30. The number of benzene rings is 1. The fraction of sp³-hybridized carbons (Fsp3) is 0.448. The van der Waals surface area contributed by atoms with E-state index in [0.717, 1.165) is 41.8 Å². The van der Waals surface area contributed by atoms with E-state index in [9.17, 15) is 14.0 Å². The number of hydrogen-bond donors (Lipinski definition) is 1. The molecule has 206 valence electrons. The number of rotatable bonds is 3. The standard InChI is InChI=1S/C28H32FN7O2.CH4/c1-16-11-24-21(26-22(27(37)32-24)13-30-36(26)19-7-8-33(4)15-19)12-20(16)28(38)34-9-10-35(17(2)14-34)25-6-5-23(29)18(3)31-25;/h5-6,11-13,17,19H,7-10,14-15H2,1-4H3,(H,32,37);1H4/t17-,19+;/m1./s1. The van der Waals surface area contributed by atoms with Crippen LogP contribution in [0.1, 0.15) is 48.4 Å². The molecule has 0 bridgehead atoms. The summed E-state index contributed by atoms with van der Waals surface area (Å²) in [5.74, 6) is 0.367. The van der Waals surface area contributed by atoms with E-state index in [4.69, 9.17) is 0 Å². The molecule has 5 heterocycles. The van der Waals surface area contributed by atoms with Gasteiger partial charge in [-0.15, -0.1) is 0 Å². The number of amides is 1. The number of aryl methyl sites for hydroxylation is 2. The van der Waals surface area contributed by atoms with Crippen molar-refractivity contribution >= 4 is 33.5 Å². The Morgan fingerprint density at radius 3 is 2.59 bits per heavy atom. The molecule has 9 nitrogen and oxygen atoms in total. The summed E-state index contributed by atoms with van der Waals surface area (Å²) in [6.07, 6.45) is 2.60. The molecule has 10 heteroatoms. The molecule has 6 rings (SSSR count). The predicted octanol–water partition coefficient (Wildman–Crippen LogP) is 3.89. The Hall–Kier alpha value is -3.79. The molecular weight excluding hydrogens is 497 g/mol. The number of anilines is 1. The van der Waals surface area contributed by atoms with Gasteiger partial charge in [0.15, 0.2) is 0 Å². The Labute approximate surface area is 227 Å². The summed E-state index contributed by atoms with van der Waals surface area (Å²) in [5.41, 5.74) is 3.13. The van der Waals surface area contributed by atoms with Crippen LogP contribution in [0.5, 0.6) is 0 Å². The van der Waals surface area contributed by atoms with E-state index < -0.39 is 0 Å². The van der Waals surface area contributed by atoms with E-state index in [2.05, 4.69) is 38.8 Å². The van der Waals surface area contributed by atoms with Gasteiger partial charge in [0.05, 0.1) is 34.4 Å². The van der Waals surface area contributed by atoms with Crippen LogP contribution >= 0.6 is 0 Å². The second kappa shape index (κ2) is 10.1. The minimum atomic E-state index is -0.321. The molecule has 1 amide bonds. The van der Waals surface area contributed by atoms with Crippen LogP contribution in [-0.4, -0.2) is 81.3 Å². The molecule has 0 saturated carbocycles. The number of aromatic amines is 1. The third-order valence-electron chi connectivity index (χ3n) is 8.07. The van der Waals surface area contributed by atoms with Crippen LogP contribution in [0.25, 0.3) is 21.8 Å². The second-order valence-electron chi connectivity index (χ2n) is 10.8. The Balaban J connectivity index is 0.00000308. The number of likely N-dealkylation sites (N-methyl/N-ethyl adjacent to an activating group) is 1. The Morgan fingerprint density at radius 2 is 1.90 bits per heavy atom. The lowest BCUT2D eigenvalue weighted by Crippen LogP contribution is -2.54. The first-order valence-corrected chi connectivity index (χ1v) is 13.1. The van der Waals surface area contributed by atoms with Crippen LogP contribution in [0, 0.1) is 19.7 Å². The molecule has 4 aromatic rings. The fourth-order valence-electron chi connectivity index (χ4n) is 5.96. The molecule has 0 radical (unpaired) electrons. The Morgan fingerprint density at radius 1 is 1.10 bits per heavy atom. The SMILES string of the molecule is C.Cc1cc2[nH]c(=O)c3cnn([C@H]4CCN(C)C4)c3c2cc1C(=O)N1CCN(c2ccc(F)c(C)n2)[C@H](C)C1. The summed E-state index contributed by atoms with van der Waals surface area (Å²) in [7, 11) is 2.09. The van der Waals surface area contributed by atoms with Gasteiger partial charge in [0.2, 0.25) is 0 Å². The van der Waals surface area contributed by atoms with E-state index in [1.165, 1.54) is 6.07 Å². The quantitative estimate of drug-likeness (QED) is 0.430. The molecular formula is C29H36FN7O2. The minimum absolute atomic E-state index is 0. The number of hydrogen-bond acceptors (Lipinski definition) is 6. The van der Waals surface area contributed by atoms with Gasteiger partial charge in [-0.2, -0.15) is 5.10 Å². The number of H-pyrrole nitrogens is 1. The zero-order chi connectivity index (χ0) is 26.7. The van der Waals surface area contributed by atoms with Crippen molar-refractivity contribution in [3.8, 4) is 0 Å². The van der Waals surface area contributed by atoms with Gasteiger partial charge >= 0.3 is 0 Å². The lowest BCUT2D eigenvalue weighted by Gasteiger charge is -2.40. The summed E-state index contributed by atoms with van der Waals surface area (Å²) >= 11 is 0. The summed E-state index contributed by atoms with van der Waals surface area (Å²) in [5, 5.41) is 5.98. The first kappa shape index (κ1) is 26.8. The van der Waals surface area contributed by atoms with E-state index in [1.54, 1.807) is 19.2 Å². The van der Waals surface area contributed by atoms with Gasteiger partial charge in [0.1, 0.15) is 11.6 Å². The number of aromatic nitrogens is 4. The van der Waals surface area contributed by atoms with Gasteiger partial charge in [-0.3, -0.25) is 14.3 Å². The normalized spacial score (nSPS) is 20.1. The van der Waals surface area contributed by atoms with Gasteiger partial charge in [0.25, 0.3) is 11.5 Å². The lowest BCUT2D eigenvalue weighted by molar-refractivity contribution is 0.0725. The van der Waals surface area contributed by atoms with Crippen molar-refractivity contribution in [2.24, 2.45) is 0 Å². The number of carbonyl (C=O) groups is 1. The van der Waals surface area contributed by atoms with Gasteiger partial charge in [0, 0.05) is 43.2 Å². The van der Waals surface area contributed by atoms with Crippen molar-refractivity contribution in [3.63, 3.8) is 0 Å². The molecule has 2 fully saturated rings. The van der Waals surface area contributed by atoms with Crippen molar-refractivity contribution in [3.05, 3.63) is 63.5 Å². The zero-order valence-corrected chi connectivity index (χ0v) is 22.2. The van der Waals surface area contributed by atoms with Crippen LogP contribution in [0.3, 0.4) is 0 Å². The molecule has 0 unspecified atom stereocenters. The zero-order valence-electron chi connectivity index (χ0n) is 22.2. The largest absolute Gasteiger partial charge is 0.350 e. The van der Waals surface area contributed by atoms with Crippen LogP contribution in [0.4, 0.5) is 10.2 Å². The smallest absolute Gasteiger partial charge is 0.259 e. The van der Waals surface area contributed by atoms with Crippen molar-refractivity contribution in [1.29, 1.82) is 0 Å². The highest BCUT2D eigenvalue weighted by molar-refractivity contribution is 6.07. The molecule has 1 aromatic carbocycles. The maximum Gasteiger partial charge on any atom is 0.259 e. The number of halogens is 1. The molecule has 39 heavy (non-hydrogen) atoms. The second-order valence-corrected chi connectivity index (χ2v) is 10.8. The van der Waals surface area contributed by atoms with Gasteiger partial charge in [-0.1, -0.05) is 7.43 Å². The maximum absolute atomic E-state index is 13.8. The average Bonchev–Trinajstić information content (AvgIpc) is 3.52. The number of fused-ring (bicyclic) bond motifs is 3. The third kappa shape index (κ3) is 4.56. The first-order chi connectivity index (χ1) is 18.2. The number of nitrogens with zero attached hydrogens (tertiary/aromatic N) is 6. The Kier molecular flexibility index (Phi) is 6.92. The van der Waals surface area contributed by atoms with Gasteiger partial charge < -0.3 is 19.7 Å². The summed E-state index contributed by atoms with van der Waals surface area (Å²) in [4.78, 5) is 40.3. The summed E-state index contributed by atoms with van der Waals surface area (Å²) in [6, 6.07) is 7.16. The molecule has 3 aromatic heterocycles. The van der Waals surface area contributed by atoms with E-state index in [-0.39, 0.29) is 36.8 Å². The number of nitrogens with one attached hydrogen (secondary N) is 1. The van der Waals surface area contributed by atoms with Gasteiger partial charge in [-0.05, 0) is 70.6 Å². The van der Waals surface area contributed by atoms with Crippen LogP contribution < -0.4 is 10.5 Å². The van der Waals surface area contributed by atoms with Crippen LogP contribution in [0.15, 0.2) is 35.3 Å². The average molecular weight is 534 g/mol. The molecule has 1 N–H and O–H groups in total. The molecule has 2 aliphatic heterocycles. The summed E-state index contributed by atoms with van der Waals surface area (Å²) < 4.78 is 15.7. The number of pyridine rings is 2. The van der Waals surface area contributed by atoms with E-state index in [0.29, 0.717) is 41.8 Å². The first-order valence-electron chi connectivity index (χ1n) is 13.1. The van der Waals surface area contributed by atoms with E-state index in [1.807, 2.05) is 28.6 Å². The molecule has 2 aliphatic rings.